The highest BCUT2D eigenvalue weighted by molar-refractivity contribution is 7.17. The van der Waals surface area contributed by atoms with Gasteiger partial charge in [0.25, 0.3) is 11.8 Å². The number of hydrogen-bond acceptors (Lipinski definition) is 5. The molecule has 0 unspecified atom stereocenters. The van der Waals surface area contributed by atoms with Gasteiger partial charge in [0, 0.05) is 28.5 Å². The number of pyridine rings is 1. The van der Waals surface area contributed by atoms with Gasteiger partial charge in [0.1, 0.15) is 10.8 Å². The quantitative estimate of drug-likeness (QED) is 0.501. The van der Waals surface area contributed by atoms with Crippen molar-refractivity contribution in [2.45, 2.75) is 40.0 Å². The molecule has 0 spiro atoms. The summed E-state index contributed by atoms with van der Waals surface area (Å²) < 4.78 is 5.20. The number of amides is 2. The van der Waals surface area contributed by atoms with Gasteiger partial charge in [0.2, 0.25) is 0 Å². The third-order valence-electron chi connectivity index (χ3n) is 6.23. The number of anilines is 2. The second-order valence-electron chi connectivity index (χ2n) is 9.39. The summed E-state index contributed by atoms with van der Waals surface area (Å²) in [4.78, 5) is 31.5. The number of nitrogens with one attached hydrogen (secondary N) is 2. The molecule has 2 amide bonds. The monoisotopic (exact) mass is 463 g/mol. The summed E-state index contributed by atoms with van der Waals surface area (Å²) in [7, 11) is 1.60. The molecule has 7 heteroatoms. The molecule has 33 heavy (non-hydrogen) atoms. The Bertz CT molecular complexity index is 1150. The zero-order chi connectivity index (χ0) is 23.6. The zero-order valence-electron chi connectivity index (χ0n) is 19.4. The second-order valence-corrected chi connectivity index (χ2v) is 10.5. The lowest BCUT2D eigenvalue weighted by atomic mass is 9.72. The highest BCUT2D eigenvalue weighted by Gasteiger charge is 2.34. The molecule has 0 radical (unpaired) electrons. The molecule has 0 saturated carbocycles. The molecule has 1 aliphatic carbocycles. The number of nitrogens with zero attached hydrogens (tertiary/aromatic N) is 1. The van der Waals surface area contributed by atoms with Gasteiger partial charge in [0.15, 0.2) is 0 Å². The van der Waals surface area contributed by atoms with E-state index < -0.39 is 0 Å². The topological polar surface area (TPSA) is 80.3 Å². The number of carbonyl (C=O) groups is 2. The minimum Gasteiger partial charge on any atom is -0.497 e. The van der Waals surface area contributed by atoms with Crippen LogP contribution in [0.15, 0.2) is 48.8 Å². The van der Waals surface area contributed by atoms with Crippen LogP contribution in [0.3, 0.4) is 0 Å². The molecule has 2 N–H and O–H groups in total. The van der Waals surface area contributed by atoms with Gasteiger partial charge in [0.05, 0.1) is 12.7 Å². The maximum atomic E-state index is 13.4. The molecule has 1 aliphatic rings. The van der Waals surface area contributed by atoms with Crippen LogP contribution in [0.25, 0.3) is 0 Å². The van der Waals surface area contributed by atoms with Crippen molar-refractivity contribution < 1.29 is 14.3 Å². The lowest BCUT2D eigenvalue weighted by molar-refractivity contribution is 0.102. The molecule has 2 heterocycles. The number of hydrogen-bond donors (Lipinski definition) is 2. The van der Waals surface area contributed by atoms with Crippen LogP contribution in [0.1, 0.15) is 58.3 Å². The van der Waals surface area contributed by atoms with Crippen molar-refractivity contribution in [3.63, 3.8) is 0 Å². The van der Waals surface area contributed by atoms with E-state index in [9.17, 15) is 9.59 Å². The van der Waals surface area contributed by atoms with E-state index in [0.29, 0.717) is 27.7 Å². The Morgan fingerprint density at radius 3 is 2.36 bits per heavy atom. The zero-order valence-corrected chi connectivity index (χ0v) is 20.2. The third-order valence-corrected chi connectivity index (χ3v) is 7.40. The van der Waals surface area contributed by atoms with E-state index in [-0.39, 0.29) is 17.2 Å². The number of fused-ring (bicyclic) bond motifs is 1. The van der Waals surface area contributed by atoms with E-state index in [1.54, 1.807) is 55.9 Å². The van der Waals surface area contributed by atoms with Gasteiger partial charge < -0.3 is 15.4 Å². The Balaban J connectivity index is 1.66. The van der Waals surface area contributed by atoms with Crippen LogP contribution in [0.2, 0.25) is 0 Å². The number of ether oxygens (including phenoxy) is 1. The minimum atomic E-state index is -0.248. The molecule has 1 aromatic carbocycles. The fourth-order valence-electron chi connectivity index (χ4n) is 4.20. The van der Waals surface area contributed by atoms with Crippen molar-refractivity contribution in [2.75, 3.05) is 17.7 Å². The molecule has 172 valence electrons. The van der Waals surface area contributed by atoms with Gasteiger partial charge in [-0.15, -0.1) is 11.3 Å². The summed E-state index contributed by atoms with van der Waals surface area (Å²) in [5.41, 5.74) is 2.99. The molecule has 0 bridgehead atoms. The van der Waals surface area contributed by atoms with E-state index in [4.69, 9.17) is 4.74 Å². The fourth-order valence-corrected chi connectivity index (χ4v) is 5.52. The fraction of sp³-hybridized carbons (Fsp3) is 0.346. The molecule has 0 fully saturated rings. The summed E-state index contributed by atoms with van der Waals surface area (Å²) in [6.07, 6.45) is 5.93. The maximum Gasteiger partial charge on any atom is 0.258 e. The molecule has 1 atom stereocenters. The van der Waals surface area contributed by atoms with Crippen molar-refractivity contribution in [1.82, 2.24) is 4.98 Å². The largest absolute Gasteiger partial charge is 0.497 e. The first-order valence-electron chi connectivity index (χ1n) is 11.1. The van der Waals surface area contributed by atoms with Gasteiger partial charge >= 0.3 is 0 Å². The molecular weight excluding hydrogens is 434 g/mol. The number of carbonyl (C=O) groups excluding carboxylic acids is 2. The summed E-state index contributed by atoms with van der Waals surface area (Å²) in [6.45, 7) is 6.79. The molecule has 4 rings (SSSR count). The highest BCUT2D eigenvalue weighted by Crippen LogP contribution is 2.44. The number of methoxy groups -OCH3 is 1. The average molecular weight is 464 g/mol. The summed E-state index contributed by atoms with van der Waals surface area (Å²) in [5.74, 6) is 0.795. The van der Waals surface area contributed by atoms with Crippen LogP contribution >= 0.6 is 11.3 Å². The average Bonchev–Trinajstić information content (AvgIpc) is 3.16. The molecule has 0 saturated heterocycles. The Labute approximate surface area is 198 Å². The van der Waals surface area contributed by atoms with Gasteiger partial charge in [-0.1, -0.05) is 20.8 Å². The lowest BCUT2D eigenvalue weighted by Gasteiger charge is -2.33. The summed E-state index contributed by atoms with van der Waals surface area (Å²) in [6, 6.07) is 10.5. The molecule has 3 aromatic rings. The number of benzene rings is 1. The SMILES string of the molecule is COc1ccc(NC(=O)c2c(NC(=O)c3ccncc3)sc3c2CC[C@@H](C(C)(C)C)C3)cc1. The van der Waals surface area contributed by atoms with Crippen molar-refractivity contribution >= 4 is 33.8 Å². The van der Waals surface area contributed by atoms with Gasteiger partial charge in [-0.25, -0.2) is 0 Å². The van der Waals surface area contributed by atoms with Gasteiger partial charge in [-0.05, 0) is 72.6 Å². The molecular formula is C26H29N3O3S. The van der Waals surface area contributed by atoms with Crippen molar-refractivity contribution in [2.24, 2.45) is 11.3 Å². The van der Waals surface area contributed by atoms with Crippen LogP contribution < -0.4 is 15.4 Å². The smallest absolute Gasteiger partial charge is 0.258 e. The highest BCUT2D eigenvalue weighted by atomic mass is 32.1. The number of aromatic nitrogens is 1. The summed E-state index contributed by atoms with van der Waals surface area (Å²) in [5, 5.41) is 6.58. The molecule has 0 aliphatic heterocycles. The third kappa shape index (κ3) is 5.09. The first-order valence-corrected chi connectivity index (χ1v) is 11.9. The minimum absolute atomic E-state index is 0.188. The van der Waals surface area contributed by atoms with Gasteiger partial charge in [-0.2, -0.15) is 0 Å². The standard InChI is InChI=1S/C26H29N3O3S/c1-26(2,3)17-5-10-20-21(15-17)33-25(29-23(30)16-11-13-27-14-12-16)22(20)24(31)28-18-6-8-19(32-4)9-7-18/h6-9,11-14,17H,5,10,15H2,1-4H3,(H,28,31)(H,29,30)/t17-/m1/s1. The second kappa shape index (κ2) is 9.35. The lowest BCUT2D eigenvalue weighted by Crippen LogP contribution is -2.27. The van der Waals surface area contributed by atoms with Crippen LogP contribution in [0.4, 0.5) is 10.7 Å². The Hall–Kier alpha value is -3.19. The van der Waals surface area contributed by atoms with E-state index in [1.807, 2.05) is 0 Å². The van der Waals surface area contributed by atoms with Crippen molar-refractivity contribution in [1.29, 1.82) is 0 Å². The van der Waals surface area contributed by atoms with E-state index in [0.717, 1.165) is 30.6 Å². The summed E-state index contributed by atoms with van der Waals surface area (Å²) >= 11 is 1.52. The number of thiophene rings is 1. The van der Waals surface area contributed by atoms with Crippen LogP contribution in [0, 0.1) is 11.3 Å². The van der Waals surface area contributed by atoms with E-state index >= 15 is 0 Å². The first kappa shape index (κ1) is 23.0. The Morgan fingerprint density at radius 2 is 1.73 bits per heavy atom. The van der Waals surface area contributed by atoms with Crippen LogP contribution in [-0.2, 0) is 12.8 Å². The van der Waals surface area contributed by atoms with Crippen molar-refractivity contribution in [3.05, 3.63) is 70.4 Å². The first-order chi connectivity index (χ1) is 15.8. The van der Waals surface area contributed by atoms with Crippen LogP contribution in [-0.4, -0.2) is 23.9 Å². The number of rotatable bonds is 5. The van der Waals surface area contributed by atoms with E-state index in [1.165, 1.54) is 16.2 Å². The Kier molecular flexibility index (Phi) is 6.51. The molecule has 2 aromatic heterocycles. The molecule has 6 nitrogen and oxygen atoms in total. The van der Waals surface area contributed by atoms with Crippen LogP contribution in [0.5, 0.6) is 5.75 Å². The Morgan fingerprint density at radius 1 is 1.03 bits per heavy atom. The predicted molar refractivity (Wildman–Crippen MR) is 132 cm³/mol. The van der Waals surface area contributed by atoms with E-state index in [2.05, 4.69) is 36.4 Å². The maximum absolute atomic E-state index is 13.4. The normalized spacial score (nSPS) is 15.5. The van der Waals surface area contributed by atoms with Crippen molar-refractivity contribution in [3.8, 4) is 5.75 Å². The predicted octanol–water partition coefficient (Wildman–Crippen LogP) is 5.81. The van der Waals surface area contributed by atoms with Gasteiger partial charge in [-0.3, -0.25) is 14.6 Å².